The minimum atomic E-state index is 0. The second-order valence-electron chi connectivity index (χ2n) is 8.18. The molecule has 3 atom stereocenters. The summed E-state index contributed by atoms with van der Waals surface area (Å²) in [5, 5.41) is 3.68. The zero-order valence-corrected chi connectivity index (χ0v) is 16.3. The van der Waals surface area contributed by atoms with E-state index in [1.807, 2.05) is 0 Å². The summed E-state index contributed by atoms with van der Waals surface area (Å²) >= 11 is 0. The first kappa shape index (κ1) is 20.3. The van der Waals surface area contributed by atoms with Gasteiger partial charge < -0.3 is 15.1 Å². The summed E-state index contributed by atoms with van der Waals surface area (Å²) in [6, 6.07) is 1.41. The van der Waals surface area contributed by atoms with Crippen molar-refractivity contribution in [1.82, 2.24) is 15.1 Å². The fraction of sp³-hybridized carbons (Fsp3) is 0.944. The smallest absolute Gasteiger partial charge is 0.222 e. The van der Waals surface area contributed by atoms with Gasteiger partial charge in [-0.25, -0.2) is 0 Å². The summed E-state index contributed by atoms with van der Waals surface area (Å²) in [7, 11) is 0. The zero-order valence-electron chi connectivity index (χ0n) is 14.6. The van der Waals surface area contributed by atoms with Crippen LogP contribution >= 0.6 is 24.8 Å². The average Bonchev–Trinajstić information content (AvgIpc) is 3.22. The number of likely N-dealkylation sites (tertiary alicyclic amines) is 2. The number of fused-ring (bicyclic) bond motifs is 2. The highest BCUT2D eigenvalue weighted by molar-refractivity contribution is 5.85. The van der Waals surface area contributed by atoms with Crippen LogP contribution in [0.5, 0.6) is 0 Å². The molecule has 1 amide bonds. The van der Waals surface area contributed by atoms with Crippen molar-refractivity contribution >= 4 is 30.7 Å². The van der Waals surface area contributed by atoms with Crippen LogP contribution in [0.1, 0.15) is 51.4 Å². The van der Waals surface area contributed by atoms with Crippen LogP contribution in [0.2, 0.25) is 0 Å². The van der Waals surface area contributed by atoms with Gasteiger partial charge in [0, 0.05) is 38.1 Å². The highest BCUT2D eigenvalue weighted by Crippen LogP contribution is 2.33. The van der Waals surface area contributed by atoms with Gasteiger partial charge >= 0.3 is 0 Å². The molecule has 140 valence electrons. The number of carbonyl (C=O) groups is 1. The molecule has 2 bridgehead atoms. The topological polar surface area (TPSA) is 35.6 Å². The van der Waals surface area contributed by atoms with Crippen LogP contribution in [-0.4, -0.2) is 60.5 Å². The Morgan fingerprint density at radius 2 is 1.58 bits per heavy atom. The lowest BCUT2D eigenvalue weighted by Gasteiger charge is -2.30. The Morgan fingerprint density at radius 1 is 0.917 bits per heavy atom. The second kappa shape index (κ2) is 9.07. The van der Waals surface area contributed by atoms with Crippen LogP contribution in [0.25, 0.3) is 0 Å². The largest absolute Gasteiger partial charge is 0.342 e. The van der Waals surface area contributed by atoms with E-state index in [1.54, 1.807) is 0 Å². The van der Waals surface area contributed by atoms with E-state index in [2.05, 4.69) is 15.1 Å². The van der Waals surface area contributed by atoms with Crippen molar-refractivity contribution in [3.05, 3.63) is 0 Å². The molecule has 4 saturated heterocycles. The minimum Gasteiger partial charge on any atom is -0.342 e. The Kier molecular flexibility index (Phi) is 7.66. The number of nitrogens with one attached hydrogen (secondary N) is 1. The number of carbonyl (C=O) groups excluding carboxylic acids is 1. The predicted molar refractivity (Wildman–Crippen MR) is 102 cm³/mol. The van der Waals surface area contributed by atoms with Crippen molar-refractivity contribution in [3.63, 3.8) is 0 Å². The van der Waals surface area contributed by atoms with E-state index in [-0.39, 0.29) is 24.8 Å². The van der Waals surface area contributed by atoms with Gasteiger partial charge in [0.1, 0.15) is 0 Å². The molecule has 0 aliphatic carbocycles. The van der Waals surface area contributed by atoms with E-state index < -0.39 is 0 Å². The first-order valence-electron chi connectivity index (χ1n) is 9.52. The summed E-state index contributed by atoms with van der Waals surface area (Å²) in [5.74, 6) is 1.81. The average molecular weight is 378 g/mol. The third-order valence-electron chi connectivity index (χ3n) is 6.39. The fourth-order valence-corrected chi connectivity index (χ4v) is 5.26. The van der Waals surface area contributed by atoms with Crippen LogP contribution in [0, 0.1) is 11.8 Å². The monoisotopic (exact) mass is 377 g/mol. The van der Waals surface area contributed by atoms with Crippen LogP contribution in [0.3, 0.4) is 0 Å². The van der Waals surface area contributed by atoms with Crippen LogP contribution < -0.4 is 5.32 Å². The molecule has 3 unspecified atom stereocenters. The summed E-state index contributed by atoms with van der Waals surface area (Å²) in [5.41, 5.74) is 0. The third kappa shape index (κ3) is 4.78. The molecule has 4 heterocycles. The second-order valence-corrected chi connectivity index (χ2v) is 8.18. The molecule has 1 N–H and O–H groups in total. The Morgan fingerprint density at radius 3 is 2.25 bits per heavy atom. The van der Waals surface area contributed by atoms with Crippen molar-refractivity contribution in [3.8, 4) is 0 Å². The van der Waals surface area contributed by atoms with Gasteiger partial charge in [-0.3, -0.25) is 4.79 Å². The Labute approximate surface area is 158 Å². The van der Waals surface area contributed by atoms with Crippen molar-refractivity contribution in [2.75, 3.05) is 32.7 Å². The van der Waals surface area contributed by atoms with E-state index in [0.29, 0.717) is 23.9 Å². The molecule has 4 aliphatic rings. The summed E-state index contributed by atoms with van der Waals surface area (Å²) in [4.78, 5) is 17.4. The molecule has 6 heteroatoms. The van der Waals surface area contributed by atoms with Crippen molar-refractivity contribution in [1.29, 1.82) is 0 Å². The van der Waals surface area contributed by atoms with Gasteiger partial charge in [0.15, 0.2) is 0 Å². The van der Waals surface area contributed by atoms with Crippen LogP contribution in [0.15, 0.2) is 0 Å². The number of amides is 1. The predicted octanol–water partition coefficient (Wildman–Crippen LogP) is 2.70. The molecule has 0 aromatic carbocycles. The van der Waals surface area contributed by atoms with Gasteiger partial charge in [-0.2, -0.15) is 0 Å². The standard InChI is InChI=1S/C18H31N3O.2ClH/c22-18(11-15-9-16-3-4-17(10-15)19-16)21-8-5-14(13-21)12-20-6-1-2-7-20;;/h14-17,19H,1-13H2;2*1H. The van der Waals surface area contributed by atoms with E-state index in [9.17, 15) is 4.79 Å². The first-order chi connectivity index (χ1) is 10.8. The Hall–Kier alpha value is -0.0300. The highest BCUT2D eigenvalue weighted by atomic mass is 35.5. The molecule has 4 fully saturated rings. The number of piperidine rings is 1. The molecular weight excluding hydrogens is 345 g/mol. The van der Waals surface area contributed by atoms with E-state index in [4.69, 9.17) is 0 Å². The minimum absolute atomic E-state index is 0. The Bertz CT molecular complexity index is 405. The lowest BCUT2D eigenvalue weighted by molar-refractivity contribution is -0.131. The van der Waals surface area contributed by atoms with Crippen molar-refractivity contribution in [2.24, 2.45) is 11.8 Å². The number of hydrogen-bond donors (Lipinski definition) is 1. The number of hydrogen-bond acceptors (Lipinski definition) is 3. The van der Waals surface area contributed by atoms with Crippen molar-refractivity contribution in [2.45, 2.75) is 63.5 Å². The SMILES string of the molecule is Cl.Cl.O=C(CC1CC2CCC(C1)N2)N1CCC(CN2CCCC2)C1. The molecule has 4 rings (SSSR count). The molecule has 0 spiro atoms. The molecule has 0 radical (unpaired) electrons. The molecule has 24 heavy (non-hydrogen) atoms. The molecule has 0 aromatic rings. The van der Waals surface area contributed by atoms with Gasteiger partial charge in [-0.05, 0) is 69.9 Å². The lowest BCUT2D eigenvalue weighted by Crippen LogP contribution is -2.40. The maximum atomic E-state index is 12.6. The van der Waals surface area contributed by atoms with E-state index in [0.717, 1.165) is 25.4 Å². The normalized spacial score (nSPS) is 35.6. The van der Waals surface area contributed by atoms with Gasteiger partial charge in [0.25, 0.3) is 0 Å². The van der Waals surface area contributed by atoms with E-state index >= 15 is 0 Å². The molecule has 4 nitrogen and oxygen atoms in total. The Balaban J connectivity index is 0.00000104. The molecular formula is C18H33Cl2N3O. The molecule has 4 aliphatic heterocycles. The number of rotatable bonds is 4. The van der Waals surface area contributed by atoms with Gasteiger partial charge in [0.05, 0.1) is 0 Å². The van der Waals surface area contributed by atoms with Gasteiger partial charge in [-0.1, -0.05) is 0 Å². The van der Waals surface area contributed by atoms with Crippen LogP contribution in [0.4, 0.5) is 0 Å². The highest BCUT2D eigenvalue weighted by Gasteiger charge is 2.36. The maximum absolute atomic E-state index is 12.6. The van der Waals surface area contributed by atoms with Crippen molar-refractivity contribution < 1.29 is 4.79 Å². The third-order valence-corrected chi connectivity index (χ3v) is 6.39. The summed E-state index contributed by atoms with van der Waals surface area (Å²) in [6.45, 7) is 5.81. The fourth-order valence-electron chi connectivity index (χ4n) is 5.26. The van der Waals surface area contributed by atoms with Gasteiger partial charge in [-0.15, -0.1) is 24.8 Å². The van der Waals surface area contributed by atoms with Gasteiger partial charge in [0.2, 0.25) is 5.91 Å². The lowest BCUT2D eigenvalue weighted by atomic mass is 9.89. The van der Waals surface area contributed by atoms with E-state index in [1.165, 1.54) is 64.6 Å². The maximum Gasteiger partial charge on any atom is 0.222 e. The summed E-state index contributed by atoms with van der Waals surface area (Å²) in [6.07, 6.45) is 9.89. The number of halogens is 2. The molecule has 0 aromatic heterocycles. The molecule has 0 saturated carbocycles. The van der Waals surface area contributed by atoms with Crippen LogP contribution in [-0.2, 0) is 4.79 Å². The quantitative estimate of drug-likeness (QED) is 0.817. The number of nitrogens with zero attached hydrogens (tertiary/aromatic N) is 2. The summed E-state index contributed by atoms with van der Waals surface area (Å²) < 4.78 is 0. The first-order valence-corrected chi connectivity index (χ1v) is 9.52. The zero-order chi connectivity index (χ0) is 14.9.